The van der Waals surface area contributed by atoms with Gasteiger partial charge in [-0.25, -0.2) is 0 Å². The van der Waals surface area contributed by atoms with Crippen LogP contribution in [-0.2, 0) is 4.79 Å². The molecule has 1 amide bonds. The van der Waals surface area contributed by atoms with E-state index in [4.69, 9.17) is 5.73 Å². The highest BCUT2D eigenvalue weighted by molar-refractivity contribution is 5.76. The van der Waals surface area contributed by atoms with Crippen molar-refractivity contribution in [1.29, 1.82) is 0 Å². The van der Waals surface area contributed by atoms with Gasteiger partial charge >= 0.3 is 0 Å². The molecule has 4 heteroatoms. The molecule has 0 aliphatic carbocycles. The molecule has 3 N–H and O–H groups in total. The van der Waals surface area contributed by atoms with Gasteiger partial charge in [0.05, 0.1) is 0 Å². The SMILES string of the molecule is CC(C)NC(=O)CCN1CCCC(CCN)C1. The summed E-state index contributed by atoms with van der Waals surface area (Å²) in [6.45, 7) is 7.92. The van der Waals surface area contributed by atoms with Gasteiger partial charge in [0, 0.05) is 25.6 Å². The molecule has 1 aliphatic heterocycles. The summed E-state index contributed by atoms with van der Waals surface area (Å²) in [5, 5.41) is 2.93. The maximum absolute atomic E-state index is 11.5. The molecule has 1 heterocycles. The highest BCUT2D eigenvalue weighted by Crippen LogP contribution is 2.18. The Bertz CT molecular complexity index is 229. The molecule has 4 nitrogen and oxygen atoms in total. The third-order valence-corrected chi connectivity index (χ3v) is 3.28. The van der Waals surface area contributed by atoms with Gasteiger partial charge in [0.25, 0.3) is 0 Å². The van der Waals surface area contributed by atoms with Crippen LogP contribution in [0.4, 0.5) is 0 Å². The standard InChI is InChI=1S/C13H27N3O/c1-11(2)15-13(17)6-9-16-8-3-4-12(10-16)5-7-14/h11-12H,3-10,14H2,1-2H3,(H,15,17). The minimum atomic E-state index is 0.168. The average molecular weight is 241 g/mol. The first-order chi connectivity index (χ1) is 8.11. The zero-order valence-corrected chi connectivity index (χ0v) is 11.2. The predicted molar refractivity (Wildman–Crippen MR) is 70.7 cm³/mol. The molecular weight excluding hydrogens is 214 g/mol. The van der Waals surface area contributed by atoms with Gasteiger partial charge in [-0.1, -0.05) is 0 Å². The van der Waals surface area contributed by atoms with Crippen molar-refractivity contribution in [2.45, 2.75) is 45.6 Å². The second kappa shape index (κ2) is 7.67. The van der Waals surface area contributed by atoms with E-state index in [2.05, 4.69) is 10.2 Å². The number of carbonyl (C=O) groups is 1. The summed E-state index contributed by atoms with van der Waals surface area (Å²) in [5.41, 5.74) is 5.60. The van der Waals surface area contributed by atoms with E-state index >= 15 is 0 Å². The number of piperidine rings is 1. The number of carbonyl (C=O) groups excluding carboxylic acids is 1. The molecule has 1 fully saturated rings. The van der Waals surface area contributed by atoms with Gasteiger partial charge in [-0.05, 0) is 52.1 Å². The van der Waals surface area contributed by atoms with Crippen LogP contribution in [-0.4, -0.2) is 43.0 Å². The van der Waals surface area contributed by atoms with Crippen molar-refractivity contribution < 1.29 is 4.79 Å². The Hall–Kier alpha value is -0.610. The summed E-state index contributed by atoms with van der Waals surface area (Å²) < 4.78 is 0. The zero-order chi connectivity index (χ0) is 12.7. The second-order valence-electron chi connectivity index (χ2n) is 5.36. The molecule has 0 bridgehead atoms. The molecule has 0 aromatic carbocycles. The first-order valence-electron chi connectivity index (χ1n) is 6.83. The fourth-order valence-corrected chi connectivity index (χ4v) is 2.48. The largest absolute Gasteiger partial charge is 0.354 e. The molecule has 1 saturated heterocycles. The van der Waals surface area contributed by atoms with Crippen molar-refractivity contribution in [3.8, 4) is 0 Å². The maximum Gasteiger partial charge on any atom is 0.221 e. The lowest BCUT2D eigenvalue weighted by Crippen LogP contribution is -2.39. The fourth-order valence-electron chi connectivity index (χ4n) is 2.48. The molecule has 1 aliphatic rings. The molecular formula is C13H27N3O. The highest BCUT2D eigenvalue weighted by atomic mass is 16.1. The van der Waals surface area contributed by atoms with Crippen LogP contribution in [0, 0.1) is 5.92 Å². The predicted octanol–water partition coefficient (Wildman–Crippen LogP) is 0.962. The van der Waals surface area contributed by atoms with E-state index in [1.807, 2.05) is 13.8 Å². The van der Waals surface area contributed by atoms with Crippen molar-refractivity contribution in [3.63, 3.8) is 0 Å². The molecule has 1 unspecified atom stereocenters. The molecule has 0 aromatic heterocycles. The third-order valence-electron chi connectivity index (χ3n) is 3.28. The molecule has 17 heavy (non-hydrogen) atoms. The molecule has 1 rings (SSSR count). The molecule has 100 valence electrons. The van der Waals surface area contributed by atoms with Crippen LogP contribution in [0.15, 0.2) is 0 Å². The molecule has 1 atom stereocenters. The Labute approximate surface area is 105 Å². The van der Waals surface area contributed by atoms with Crippen LogP contribution < -0.4 is 11.1 Å². The van der Waals surface area contributed by atoms with Crippen molar-refractivity contribution >= 4 is 5.91 Å². The van der Waals surface area contributed by atoms with Gasteiger partial charge in [0.15, 0.2) is 0 Å². The highest BCUT2D eigenvalue weighted by Gasteiger charge is 2.19. The van der Waals surface area contributed by atoms with Gasteiger partial charge in [0.1, 0.15) is 0 Å². The summed E-state index contributed by atoms with van der Waals surface area (Å²) in [5.74, 6) is 0.905. The van der Waals surface area contributed by atoms with Crippen LogP contribution in [0.25, 0.3) is 0 Å². The van der Waals surface area contributed by atoms with Gasteiger partial charge in [-0.2, -0.15) is 0 Å². The van der Waals surface area contributed by atoms with E-state index in [0.717, 1.165) is 38.5 Å². The third kappa shape index (κ3) is 6.03. The lowest BCUT2D eigenvalue weighted by Gasteiger charge is -2.32. The summed E-state index contributed by atoms with van der Waals surface area (Å²) in [4.78, 5) is 14.0. The van der Waals surface area contributed by atoms with Gasteiger partial charge in [0.2, 0.25) is 5.91 Å². The summed E-state index contributed by atoms with van der Waals surface area (Å²) in [6.07, 6.45) is 4.28. The van der Waals surface area contributed by atoms with Gasteiger partial charge in [-0.3, -0.25) is 4.79 Å². The number of hydrogen-bond acceptors (Lipinski definition) is 3. The monoisotopic (exact) mass is 241 g/mol. The molecule has 0 spiro atoms. The van der Waals surface area contributed by atoms with Gasteiger partial charge in [-0.15, -0.1) is 0 Å². The summed E-state index contributed by atoms with van der Waals surface area (Å²) in [7, 11) is 0. The van der Waals surface area contributed by atoms with E-state index in [1.54, 1.807) is 0 Å². The number of likely N-dealkylation sites (tertiary alicyclic amines) is 1. The zero-order valence-electron chi connectivity index (χ0n) is 11.2. The number of amides is 1. The van der Waals surface area contributed by atoms with E-state index in [-0.39, 0.29) is 11.9 Å². The second-order valence-corrected chi connectivity index (χ2v) is 5.36. The van der Waals surface area contributed by atoms with Crippen LogP contribution in [0.3, 0.4) is 0 Å². The Morgan fingerprint density at radius 1 is 1.53 bits per heavy atom. The van der Waals surface area contributed by atoms with Gasteiger partial charge < -0.3 is 16.0 Å². The van der Waals surface area contributed by atoms with E-state index in [9.17, 15) is 4.79 Å². The van der Waals surface area contributed by atoms with Crippen LogP contribution in [0.2, 0.25) is 0 Å². The van der Waals surface area contributed by atoms with Crippen LogP contribution in [0.5, 0.6) is 0 Å². The topological polar surface area (TPSA) is 58.4 Å². The quantitative estimate of drug-likeness (QED) is 0.728. The number of nitrogens with two attached hydrogens (primary N) is 1. The smallest absolute Gasteiger partial charge is 0.221 e. The van der Waals surface area contributed by atoms with Crippen molar-refractivity contribution in [2.75, 3.05) is 26.2 Å². The first kappa shape index (κ1) is 14.5. The van der Waals surface area contributed by atoms with Crippen molar-refractivity contribution in [1.82, 2.24) is 10.2 Å². The Balaban J connectivity index is 2.20. The van der Waals surface area contributed by atoms with Crippen molar-refractivity contribution in [2.24, 2.45) is 11.7 Å². The lowest BCUT2D eigenvalue weighted by atomic mass is 9.95. The van der Waals surface area contributed by atoms with Crippen LogP contribution in [0.1, 0.15) is 39.5 Å². The number of nitrogens with one attached hydrogen (secondary N) is 1. The van der Waals surface area contributed by atoms with Crippen molar-refractivity contribution in [3.05, 3.63) is 0 Å². The Morgan fingerprint density at radius 3 is 2.94 bits per heavy atom. The first-order valence-corrected chi connectivity index (χ1v) is 6.83. The summed E-state index contributed by atoms with van der Waals surface area (Å²) in [6, 6.07) is 0.244. The number of rotatable bonds is 6. The lowest BCUT2D eigenvalue weighted by molar-refractivity contribution is -0.122. The normalized spacial score (nSPS) is 21.8. The average Bonchev–Trinajstić information content (AvgIpc) is 2.26. The number of hydrogen-bond donors (Lipinski definition) is 2. The summed E-state index contributed by atoms with van der Waals surface area (Å²) >= 11 is 0. The Morgan fingerprint density at radius 2 is 2.29 bits per heavy atom. The maximum atomic E-state index is 11.5. The fraction of sp³-hybridized carbons (Fsp3) is 0.923. The molecule has 0 radical (unpaired) electrons. The van der Waals surface area contributed by atoms with Crippen LogP contribution >= 0.6 is 0 Å². The molecule has 0 aromatic rings. The minimum absolute atomic E-state index is 0.168. The van der Waals surface area contributed by atoms with E-state index < -0.39 is 0 Å². The van der Waals surface area contributed by atoms with E-state index in [1.165, 1.54) is 12.8 Å². The Kier molecular flexibility index (Phi) is 6.52. The molecule has 0 saturated carbocycles. The number of nitrogens with zero attached hydrogens (tertiary/aromatic N) is 1. The van der Waals surface area contributed by atoms with E-state index in [0.29, 0.717) is 6.42 Å². The minimum Gasteiger partial charge on any atom is -0.354 e.